The van der Waals surface area contributed by atoms with Crippen LogP contribution in [0.5, 0.6) is 0 Å². The first kappa shape index (κ1) is 22.0. The Hall–Kier alpha value is -4.06. The van der Waals surface area contributed by atoms with Gasteiger partial charge >= 0.3 is 0 Å². The summed E-state index contributed by atoms with van der Waals surface area (Å²) in [6.45, 7) is 7.07. The zero-order valence-electron chi connectivity index (χ0n) is 15.2. The zero-order valence-corrected chi connectivity index (χ0v) is 15.2. The Morgan fingerprint density at radius 1 is 0.571 bits per heavy atom. The second-order valence-corrected chi connectivity index (χ2v) is 5.26. The lowest BCUT2D eigenvalue weighted by Gasteiger charge is -1.91. The Labute approximate surface area is 163 Å². The van der Waals surface area contributed by atoms with Gasteiger partial charge in [-0.25, -0.2) is 0 Å². The molecule has 28 heavy (non-hydrogen) atoms. The first-order chi connectivity index (χ1) is 13.5. The molecule has 0 saturated heterocycles. The Bertz CT molecular complexity index is 802. The Morgan fingerprint density at radius 2 is 0.821 bits per heavy atom. The van der Waals surface area contributed by atoms with Gasteiger partial charge in [-0.2, -0.15) is 0 Å². The summed E-state index contributed by atoms with van der Waals surface area (Å²) in [5.74, 6) is 0. The maximum Gasteiger partial charge on any atom is 0.269 e. The standard InChI is InChI=1S/2C8H7NO2.C6H6/c2*1-2-7-3-5-8(6-4-7)9(10)11;1-2-4-6-5-3-1/h2*2-6H,1H2;1-6H. The van der Waals surface area contributed by atoms with Crippen molar-refractivity contribution < 1.29 is 9.85 Å². The third kappa shape index (κ3) is 8.35. The first-order valence-corrected chi connectivity index (χ1v) is 8.21. The van der Waals surface area contributed by atoms with Gasteiger partial charge in [-0.15, -0.1) is 0 Å². The summed E-state index contributed by atoms with van der Waals surface area (Å²) in [5.41, 5.74) is 1.98. The lowest BCUT2D eigenvalue weighted by molar-refractivity contribution is -0.385. The van der Waals surface area contributed by atoms with Gasteiger partial charge in [-0.3, -0.25) is 20.2 Å². The Kier molecular flexibility index (Phi) is 9.67. The molecule has 0 spiro atoms. The molecule has 0 saturated carbocycles. The molecule has 0 heterocycles. The summed E-state index contributed by atoms with van der Waals surface area (Å²) >= 11 is 0. The van der Waals surface area contributed by atoms with Crippen LogP contribution in [-0.4, -0.2) is 9.85 Å². The van der Waals surface area contributed by atoms with Crippen LogP contribution in [0.2, 0.25) is 0 Å². The van der Waals surface area contributed by atoms with E-state index in [4.69, 9.17) is 0 Å². The number of non-ortho nitro benzene ring substituents is 2. The van der Waals surface area contributed by atoms with Crippen LogP contribution >= 0.6 is 0 Å². The molecule has 142 valence electrons. The molecular formula is C22H20N2O4. The monoisotopic (exact) mass is 376 g/mol. The number of nitro benzene ring substituents is 2. The number of hydrogen-bond acceptors (Lipinski definition) is 4. The zero-order chi connectivity index (χ0) is 20.8. The van der Waals surface area contributed by atoms with Gasteiger partial charge < -0.3 is 0 Å². The molecule has 3 aromatic carbocycles. The van der Waals surface area contributed by atoms with E-state index >= 15 is 0 Å². The molecule has 0 aromatic heterocycles. The van der Waals surface area contributed by atoms with E-state index in [9.17, 15) is 20.2 Å². The average molecular weight is 376 g/mol. The lowest BCUT2D eigenvalue weighted by atomic mass is 10.2. The van der Waals surface area contributed by atoms with Gasteiger partial charge in [-0.05, 0) is 35.4 Å². The third-order valence-corrected chi connectivity index (χ3v) is 3.35. The van der Waals surface area contributed by atoms with Crippen molar-refractivity contribution in [3.63, 3.8) is 0 Å². The maximum absolute atomic E-state index is 10.2. The quantitative estimate of drug-likeness (QED) is 0.403. The van der Waals surface area contributed by atoms with Crippen LogP contribution < -0.4 is 0 Å². The van der Waals surface area contributed by atoms with Gasteiger partial charge in [0.2, 0.25) is 0 Å². The van der Waals surface area contributed by atoms with Crippen molar-refractivity contribution in [2.24, 2.45) is 0 Å². The molecule has 0 aliphatic carbocycles. The molecule has 6 heteroatoms. The molecular weight excluding hydrogens is 356 g/mol. The molecule has 6 nitrogen and oxygen atoms in total. The van der Waals surface area contributed by atoms with Gasteiger partial charge in [0.05, 0.1) is 9.85 Å². The molecule has 0 amide bonds. The second kappa shape index (κ2) is 12.3. The summed E-state index contributed by atoms with van der Waals surface area (Å²) in [6.07, 6.45) is 3.29. The third-order valence-electron chi connectivity index (χ3n) is 3.35. The maximum atomic E-state index is 10.2. The molecule has 3 aromatic rings. The van der Waals surface area contributed by atoms with E-state index in [-0.39, 0.29) is 11.4 Å². The molecule has 0 aliphatic heterocycles. The van der Waals surface area contributed by atoms with Crippen LogP contribution in [-0.2, 0) is 0 Å². The molecule has 0 fully saturated rings. The van der Waals surface area contributed by atoms with Gasteiger partial charge in [0.15, 0.2) is 0 Å². The fourth-order valence-electron chi connectivity index (χ4n) is 1.85. The van der Waals surface area contributed by atoms with Crippen LogP contribution in [0.25, 0.3) is 12.2 Å². The topological polar surface area (TPSA) is 86.3 Å². The SMILES string of the molecule is C=Cc1ccc([N+](=O)[O-])cc1.C=Cc1ccc([N+](=O)[O-])cc1.c1ccccc1. The first-order valence-electron chi connectivity index (χ1n) is 8.21. The number of hydrogen-bond donors (Lipinski definition) is 0. The van der Waals surface area contributed by atoms with E-state index in [1.165, 1.54) is 24.3 Å². The van der Waals surface area contributed by atoms with Crippen molar-refractivity contribution in [2.45, 2.75) is 0 Å². The largest absolute Gasteiger partial charge is 0.269 e. The second-order valence-electron chi connectivity index (χ2n) is 5.26. The molecule has 0 N–H and O–H groups in total. The molecule has 3 rings (SSSR count). The van der Waals surface area contributed by atoms with E-state index in [0.717, 1.165) is 11.1 Å². The van der Waals surface area contributed by atoms with E-state index in [1.807, 2.05) is 36.4 Å². The van der Waals surface area contributed by atoms with Gasteiger partial charge in [0.25, 0.3) is 11.4 Å². The molecule has 0 bridgehead atoms. The minimum Gasteiger partial charge on any atom is -0.258 e. The van der Waals surface area contributed by atoms with Crippen molar-refractivity contribution >= 4 is 23.5 Å². The number of benzene rings is 3. The summed E-state index contributed by atoms with van der Waals surface area (Å²) in [5, 5.41) is 20.4. The lowest BCUT2D eigenvalue weighted by Crippen LogP contribution is -1.86. The smallest absolute Gasteiger partial charge is 0.258 e. The highest BCUT2D eigenvalue weighted by Gasteiger charge is 2.02. The minimum absolute atomic E-state index is 0.107. The highest BCUT2D eigenvalue weighted by molar-refractivity contribution is 5.50. The van der Waals surface area contributed by atoms with E-state index < -0.39 is 9.85 Å². The molecule has 0 unspecified atom stereocenters. The predicted octanol–water partition coefficient (Wildman–Crippen LogP) is 6.16. The van der Waals surface area contributed by atoms with E-state index in [0.29, 0.717) is 0 Å². The fraction of sp³-hybridized carbons (Fsp3) is 0. The number of rotatable bonds is 4. The van der Waals surface area contributed by atoms with Crippen LogP contribution in [0.3, 0.4) is 0 Å². The number of nitrogens with zero attached hydrogens (tertiary/aromatic N) is 2. The summed E-state index contributed by atoms with van der Waals surface area (Å²) < 4.78 is 0. The van der Waals surface area contributed by atoms with Crippen molar-refractivity contribution in [1.82, 2.24) is 0 Å². The summed E-state index contributed by atoms with van der Waals surface area (Å²) in [7, 11) is 0. The van der Waals surface area contributed by atoms with E-state index in [1.54, 1.807) is 36.4 Å². The number of nitro groups is 2. The molecule has 0 aliphatic rings. The highest BCUT2D eigenvalue weighted by atomic mass is 16.6. The average Bonchev–Trinajstić information content (AvgIpc) is 2.76. The predicted molar refractivity (Wildman–Crippen MR) is 113 cm³/mol. The van der Waals surface area contributed by atoms with Crippen molar-refractivity contribution in [3.05, 3.63) is 129 Å². The van der Waals surface area contributed by atoms with Crippen LogP contribution in [0.15, 0.2) is 98.1 Å². The van der Waals surface area contributed by atoms with Gasteiger partial charge in [-0.1, -0.05) is 61.7 Å². The van der Waals surface area contributed by atoms with Crippen molar-refractivity contribution in [3.8, 4) is 0 Å². The van der Waals surface area contributed by atoms with Crippen molar-refractivity contribution in [2.75, 3.05) is 0 Å². The van der Waals surface area contributed by atoms with Crippen LogP contribution in [0, 0.1) is 20.2 Å². The minimum atomic E-state index is -0.424. The van der Waals surface area contributed by atoms with Gasteiger partial charge in [0, 0.05) is 24.3 Å². The Morgan fingerprint density at radius 3 is 1.00 bits per heavy atom. The normalized spacial score (nSPS) is 8.86. The molecule has 0 radical (unpaired) electrons. The van der Waals surface area contributed by atoms with Crippen molar-refractivity contribution in [1.29, 1.82) is 0 Å². The van der Waals surface area contributed by atoms with E-state index in [2.05, 4.69) is 13.2 Å². The van der Waals surface area contributed by atoms with Crippen LogP contribution in [0.1, 0.15) is 11.1 Å². The highest BCUT2D eigenvalue weighted by Crippen LogP contribution is 2.12. The fourth-order valence-corrected chi connectivity index (χ4v) is 1.85. The molecule has 0 atom stereocenters. The van der Waals surface area contributed by atoms with Crippen LogP contribution in [0.4, 0.5) is 11.4 Å². The summed E-state index contributed by atoms with van der Waals surface area (Å²) in [4.78, 5) is 19.5. The summed E-state index contributed by atoms with van der Waals surface area (Å²) in [6, 6.07) is 24.5. The van der Waals surface area contributed by atoms with Gasteiger partial charge in [0.1, 0.15) is 0 Å². The Balaban J connectivity index is 0.000000219.